The number of benzene rings is 2. The maximum atomic E-state index is 6.03. The lowest BCUT2D eigenvalue weighted by atomic mass is 9.96. The first-order valence-corrected chi connectivity index (χ1v) is 8.50. The highest BCUT2D eigenvalue weighted by Crippen LogP contribution is 2.47. The van der Waals surface area contributed by atoms with Gasteiger partial charge in [-0.1, -0.05) is 48.0 Å². The zero-order valence-corrected chi connectivity index (χ0v) is 13.4. The second kappa shape index (κ2) is 6.04. The highest BCUT2D eigenvalue weighted by molar-refractivity contribution is 6.30. The van der Waals surface area contributed by atoms with Gasteiger partial charge in [0.05, 0.1) is 0 Å². The van der Waals surface area contributed by atoms with E-state index in [0.29, 0.717) is 5.92 Å². The van der Waals surface area contributed by atoms with E-state index in [1.807, 2.05) is 12.1 Å². The van der Waals surface area contributed by atoms with Crippen LogP contribution in [-0.4, -0.2) is 37.1 Å². The Kier molecular flexibility index (Phi) is 3.91. The molecular formula is C19H21ClN2. The Bertz CT molecular complexity index is 647. The average Bonchev–Trinajstić information content (AvgIpc) is 3.37. The summed E-state index contributed by atoms with van der Waals surface area (Å²) < 4.78 is 0. The van der Waals surface area contributed by atoms with Gasteiger partial charge in [0.1, 0.15) is 0 Å². The molecule has 0 spiro atoms. The van der Waals surface area contributed by atoms with Crippen molar-refractivity contribution in [3.05, 3.63) is 59.1 Å². The van der Waals surface area contributed by atoms with Crippen LogP contribution >= 0.6 is 11.6 Å². The van der Waals surface area contributed by atoms with Crippen LogP contribution in [0, 0.1) is 0 Å². The molecule has 1 N–H and O–H groups in total. The summed E-state index contributed by atoms with van der Waals surface area (Å²) in [4.78, 5) is 2.65. The number of hydrogen-bond donors (Lipinski definition) is 1. The molecule has 1 aliphatic carbocycles. The average molecular weight is 313 g/mol. The minimum Gasteiger partial charge on any atom is -0.314 e. The summed E-state index contributed by atoms with van der Waals surface area (Å²) in [7, 11) is 0. The number of rotatable bonds is 3. The Balaban J connectivity index is 1.59. The molecule has 3 heteroatoms. The van der Waals surface area contributed by atoms with Crippen LogP contribution in [0.4, 0.5) is 0 Å². The van der Waals surface area contributed by atoms with Crippen molar-refractivity contribution in [2.75, 3.05) is 26.2 Å². The van der Waals surface area contributed by atoms with Gasteiger partial charge in [0, 0.05) is 43.2 Å². The molecule has 1 saturated carbocycles. The number of halogens is 1. The van der Waals surface area contributed by atoms with Gasteiger partial charge in [-0.05, 0) is 35.2 Å². The predicted octanol–water partition coefficient (Wildman–Crippen LogP) is 3.77. The van der Waals surface area contributed by atoms with E-state index in [9.17, 15) is 0 Å². The first-order valence-electron chi connectivity index (χ1n) is 8.12. The van der Waals surface area contributed by atoms with Crippen molar-refractivity contribution in [1.29, 1.82) is 0 Å². The van der Waals surface area contributed by atoms with Gasteiger partial charge in [-0.25, -0.2) is 0 Å². The van der Waals surface area contributed by atoms with Gasteiger partial charge >= 0.3 is 0 Å². The quantitative estimate of drug-likeness (QED) is 0.928. The molecule has 2 aromatic rings. The third-order valence-electron chi connectivity index (χ3n) is 4.89. The fourth-order valence-corrected chi connectivity index (χ4v) is 3.77. The summed E-state index contributed by atoms with van der Waals surface area (Å²) in [6, 6.07) is 17.8. The van der Waals surface area contributed by atoms with Crippen LogP contribution in [0.15, 0.2) is 48.5 Å². The summed E-state index contributed by atoms with van der Waals surface area (Å²) in [6.45, 7) is 4.62. The highest BCUT2D eigenvalue weighted by Gasteiger charge is 2.43. The van der Waals surface area contributed by atoms with E-state index in [4.69, 9.17) is 11.6 Å². The van der Waals surface area contributed by atoms with Gasteiger partial charge in [-0.2, -0.15) is 0 Å². The summed E-state index contributed by atoms with van der Waals surface area (Å²) in [5, 5.41) is 4.24. The molecule has 2 fully saturated rings. The normalized spacial score (nSPS) is 25.1. The fourth-order valence-electron chi connectivity index (χ4n) is 3.65. The van der Waals surface area contributed by atoms with E-state index in [0.717, 1.165) is 24.2 Å². The van der Waals surface area contributed by atoms with Gasteiger partial charge < -0.3 is 5.32 Å². The summed E-state index contributed by atoms with van der Waals surface area (Å²) in [5.41, 5.74) is 4.13. The van der Waals surface area contributed by atoms with Gasteiger partial charge in [0.25, 0.3) is 0 Å². The van der Waals surface area contributed by atoms with Crippen molar-refractivity contribution in [3.8, 4) is 11.1 Å². The maximum Gasteiger partial charge on any atom is 0.0406 e. The number of hydrogen-bond acceptors (Lipinski definition) is 2. The van der Waals surface area contributed by atoms with Crippen molar-refractivity contribution in [2.45, 2.75) is 18.4 Å². The topological polar surface area (TPSA) is 15.3 Å². The van der Waals surface area contributed by atoms with Crippen LogP contribution in [0.25, 0.3) is 11.1 Å². The van der Waals surface area contributed by atoms with Gasteiger partial charge in [-0.15, -0.1) is 0 Å². The lowest BCUT2D eigenvalue weighted by Crippen LogP contribution is -2.44. The SMILES string of the molecule is Clc1ccc(-c2ccccc2C2CC2N2CCNCC2)cc1. The number of nitrogens with one attached hydrogen (secondary N) is 1. The zero-order valence-electron chi connectivity index (χ0n) is 12.6. The minimum atomic E-state index is 0.685. The first kappa shape index (κ1) is 14.3. The van der Waals surface area contributed by atoms with E-state index < -0.39 is 0 Å². The van der Waals surface area contributed by atoms with E-state index >= 15 is 0 Å². The predicted molar refractivity (Wildman–Crippen MR) is 92.5 cm³/mol. The van der Waals surface area contributed by atoms with E-state index in [2.05, 4.69) is 46.6 Å². The third-order valence-corrected chi connectivity index (χ3v) is 5.14. The van der Waals surface area contributed by atoms with Crippen LogP contribution in [-0.2, 0) is 0 Å². The van der Waals surface area contributed by atoms with Crippen molar-refractivity contribution >= 4 is 11.6 Å². The Morgan fingerprint density at radius 2 is 1.68 bits per heavy atom. The van der Waals surface area contributed by atoms with Crippen LogP contribution < -0.4 is 5.32 Å². The molecule has 0 aromatic heterocycles. The molecule has 1 heterocycles. The summed E-state index contributed by atoms with van der Waals surface area (Å²) in [5.74, 6) is 0.685. The zero-order chi connectivity index (χ0) is 14.9. The number of piperazine rings is 1. The van der Waals surface area contributed by atoms with E-state index in [1.54, 1.807) is 0 Å². The Labute approximate surface area is 137 Å². The third kappa shape index (κ3) is 2.79. The van der Waals surface area contributed by atoms with Crippen LogP contribution in [0.3, 0.4) is 0 Å². The molecule has 0 amide bonds. The van der Waals surface area contributed by atoms with Gasteiger partial charge in [0.2, 0.25) is 0 Å². The van der Waals surface area contributed by atoms with Crippen LogP contribution in [0.1, 0.15) is 17.9 Å². The lowest BCUT2D eigenvalue weighted by molar-refractivity contribution is 0.228. The second-order valence-electron chi connectivity index (χ2n) is 6.29. The van der Waals surface area contributed by atoms with Crippen molar-refractivity contribution in [3.63, 3.8) is 0 Å². The van der Waals surface area contributed by atoms with Crippen molar-refractivity contribution in [1.82, 2.24) is 10.2 Å². The standard InChI is InChI=1S/C19H21ClN2/c20-15-7-5-14(6-8-15)16-3-1-2-4-17(16)18-13-19(18)22-11-9-21-10-12-22/h1-8,18-19,21H,9-13H2. The molecular weight excluding hydrogens is 292 g/mol. The molecule has 4 rings (SSSR count). The van der Waals surface area contributed by atoms with Crippen molar-refractivity contribution in [2.24, 2.45) is 0 Å². The van der Waals surface area contributed by atoms with Gasteiger partial charge in [-0.3, -0.25) is 4.90 Å². The van der Waals surface area contributed by atoms with Gasteiger partial charge in [0.15, 0.2) is 0 Å². The molecule has 2 aliphatic rings. The minimum absolute atomic E-state index is 0.685. The molecule has 22 heavy (non-hydrogen) atoms. The van der Waals surface area contributed by atoms with Crippen LogP contribution in [0.5, 0.6) is 0 Å². The Morgan fingerprint density at radius 1 is 0.955 bits per heavy atom. The fraction of sp³-hybridized carbons (Fsp3) is 0.368. The summed E-state index contributed by atoms with van der Waals surface area (Å²) >= 11 is 6.03. The molecule has 2 unspecified atom stereocenters. The molecule has 0 radical (unpaired) electrons. The maximum absolute atomic E-state index is 6.03. The van der Waals surface area contributed by atoms with Crippen molar-refractivity contribution < 1.29 is 0 Å². The van der Waals surface area contributed by atoms with E-state index in [-0.39, 0.29) is 0 Å². The Morgan fingerprint density at radius 3 is 2.45 bits per heavy atom. The molecule has 2 nitrogen and oxygen atoms in total. The monoisotopic (exact) mass is 312 g/mol. The first-order chi connectivity index (χ1) is 10.8. The largest absolute Gasteiger partial charge is 0.314 e. The molecule has 1 saturated heterocycles. The van der Waals surface area contributed by atoms with E-state index in [1.165, 1.54) is 36.2 Å². The highest BCUT2D eigenvalue weighted by atomic mass is 35.5. The smallest absolute Gasteiger partial charge is 0.0406 e. The van der Waals surface area contributed by atoms with Crippen LogP contribution in [0.2, 0.25) is 5.02 Å². The number of nitrogens with zero attached hydrogens (tertiary/aromatic N) is 1. The second-order valence-corrected chi connectivity index (χ2v) is 6.73. The summed E-state index contributed by atoms with van der Waals surface area (Å²) in [6.07, 6.45) is 1.30. The molecule has 2 atom stereocenters. The lowest BCUT2D eigenvalue weighted by Gasteiger charge is -2.27. The molecule has 2 aromatic carbocycles. The molecule has 0 bridgehead atoms. The Hall–Kier alpha value is -1.35. The molecule has 114 valence electrons. The molecule has 1 aliphatic heterocycles.